The van der Waals surface area contributed by atoms with E-state index >= 15 is 0 Å². The zero-order valence-electron chi connectivity index (χ0n) is 16.7. The van der Waals surface area contributed by atoms with Crippen LogP contribution in [0.15, 0.2) is 75.4 Å². The quantitative estimate of drug-likeness (QED) is 0.371. The Balaban J connectivity index is 1.65. The van der Waals surface area contributed by atoms with E-state index in [-0.39, 0.29) is 10.1 Å². The molecule has 0 atom stereocenters. The minimum Gasteiger partial charge on any atom is -0.326 e. The number of anilines is 2. The summed E-state index contributed by atoms with van der Waals surface area (Å²) >= 11 is 1.12. The van der Waals surface area contributed by atoms with Crippen molar-refractivity contribution in [1.29, 1.82) is 0 Å². The fourth-order valence-electron chi connectivity index (χ4n) is 2.60. The zero-order valence-corrected chi connectivity index (χ0v) is 18.4. The Labute approximate surface area is 184 Å². The van der Waals surface area contributed by atoms with Crippen LogP contribution in [0.5, 0.6) is 0 Å². The molecule has 0 unspecified atom stereocenters. The Kier molecular flexibility index (Phi) is 6.83. The van der Waals surface area contributed by atoms with Crippen LogP contribution in [0.3, 0.4) is 0 Å². The van der Waals surface area contributed by atoms with Gasteiger partial charge in [0.2, 0.25) is 5.91 Å². The minimum absolute atomic E-state index is 0.179. The van der Waals surface area contributed by atoms with Gasteiger partial charge in [-0.15, -0.1) is 11.3 Å². The van der Waals surface area contributed by atoms with Crippen LogP contribution >= 0.6 is 11.3 Å². The summed E-state index contributed by atoms with van der Waals surface area (Å²) in [5, 5.41) is 8.47. The van der Waals surface area contributed by atoms with Crippen LogP contribution in [0, 0.1) is 0 Å². The van der Waals surface area contributed by atoms with Gasteiger partial charge < -0.3 is 5.32 Å². The topological polar surface area (TPSA) is 117 Å². The third kappa shape index (κ3) is 6.00. The lowest BCUT2D eigenvalue weighted by Crippen LogP contribution is -2.19. The smallest absolute Gasteiger partial charge is 0.271 e. The highest BCUT2D eigenvalue weighted by molar-refractivity contribution is 7.94. The molecule has 0 radical (unpaired) electrons. The van der Waals surface area contributed by atoms with E-state index in [1.807, 2.05) is 6.07 Å². The first-order valence-electron chi connectivity index (χ1n) is 9.13. The number of benzene rings is 2. The van der Waals surface area contributed by atoms with Gasteiger partial charge in [0.25, 0.3) is 15.9 Å². The van der Waals surface area contributed by atoms with Gasteiger partial charge in [-0.25, -0.2) is 13.8 Å². The standard InChI is InChI=1S/C21H20N4O4S2/c1-14(17-5-3-6-19(13-17)22-15(2)26)23-24-21(27)16-8-10-18(11-9-16)25-31(28,29)20-7-4-12-30-20/h3-13,25H,1-2H3,(H,22,26)(H,24,27). The molecular weight excluding hydrogens is 436 g/mol. The molecule has 0 aliphatic carbocycles. The molecule has 0 bridgehead atoms. The van der Waals surface area contributed by atoms with Gasteiger partial charge in [-0.05, 0) is 60.3 Å². The number of hydrogen-bond acceptors (Lipinski definition) is 6. The highest BCUT2D eigenvalue weighted by Gasteiger charge is 2.15. The molecule has 31 heavy (non-hydrogen) atoms. The molecule has 10 heteroatoms. The molecule has 0 saturated carbocycles. The van der Waals surface area contributed by atoms with Gasteiger partial charge in [-0.1, -0.05) is 18.2 Å². The summed E-state index contributed by atoms with van der Waals surface area (Å²) in [5.41, 5.74) is 5.07. The Bertz CT molecular complexity index is 1220. The van der Waals surface area contributed by atoms with Crippen molar-refractivity contribution < 1.29 is 18.0 Å². The van der Waals surface area contributed by atoms with Gasteiger partial charge in [0.15, 0.2) is 0 Å². The zero-order chi connectivity index (χ0) is 22.4. The lowest BCUT2D eigenvalue weighted by molar-refractivity contribution is -0.114. The van der Waals surface area contributed by atoms with Crippen molar-refractivity contribution in [1.82, 2.24) is 5.43 Å². The lowest BCUT2D eigenvalue weighted by Gasteiger charge is -2.08. The van der Waals surface area contributed by atoms with Crippen molar-refractivity contribution in [2.24, 2.45) is 5.10 Å². The third-order valence-electron chi connectivity index (χ3n) is 4.09. The first kappa shape index (κ1) is 22.2. The minimum atomic E-state index is -3.65. The van der Waals surface area contributed by atoms with Crippen molar-refractivity contribution in [3.8, 4) is 0 Å². The summed E-state index contributed by atoms with van der Waals surface area (Å²) in [6.45, 7) is 3.15. The van der Waals surface area contributed by atoms with Crippen molar-refractivity contribution in [3.05, 3.63) is 77.2 Å². The molecular formula is C21H20N4O4S2. The molecule has 0 fully saturated rings. The van der Waals surface area contributed by atoms with Crippen LogP contribution in [0.25, 0.3) is 0 Å². The number of nitrogens with zero attached hydrogens (tertiary/aromatic N) is 1. The fraction of sp³-hybridized carbons (Fsp3) is 0.0952. The van der Waals surface area contributed by atoms with Crippen molar-refractivity contribution >= 4 is 50.3 Å². The van der Waals surface area contributed by atoms with Crippen molar-refractivity contribution in [3.63, 3.8) is 0 Å². The number of sulfonamides is 1. The molecule has 0 aliphatic rings. The number of hydrazone groups is 1. The maximum Gasteiger partial charge on any atom is 0.271 e. The molecule has 1 aromatic heterocycles. The van der Waals surface area contributed by atoms with E-state index in [1.165, 1.54) is 37.3 Å². The van der Waals surface area contributed by atoms with Crippen molar-refractivity contribution in [2.45, 2.75) is 18.1 Å². The highest BCUT2D eigenvalue weighted by Crippen LogP contribution is 2.20. The number of nitrogens with one attached hydrogen (secondary N) is 3. The summed E-state index contributed by atoms with van der Waals surface area (Å²) in [6.07, 6.45) is 0. The van der Waals surface area contributed by atoms with Crippen LogP contribution in [-0.2, 0) is 14.8 Å². The average Bonchev–Trinajstić information content (AvgIpc) is 3.28. The first-order valence-corrected chi connectivity index (χ1v) is 11.5. The Morgan fingerprint density at radius 3 is 2.29 bits per heavy atom. The third-order valence-corrected chi connectivity index (χ3v) is 6.86. The van der Waals surface area contributed by atoms with E-state index in [0.29, 0.717) is 22.6 Å². The molecule has 2 amide bonds. The second-order valence-electron chi connectivity index (χ2n) is 6.52. The van der Waals surface area contributed by atoms with E-state index in [4.69, 9.17) is 0 Å². The van der Waals surface area contributed by atoms with E-state index in [2.05, 4.69) is 20.6 Å². The van der Waals surface area contributed by atoms with E-state index in [9.17, 15) is 18.0 Å². The maximum atomic E-state index is 12.4. The molecule has 3 rings (SSSR count). The van der Waals surface area contributed by atoms with Gasteiger partial charge in [0.05, 0.1) is 5.71 Å². The molecule has 1 heterocycles. The van der Waals surface area contributed by atoms with Gasteiger partial charge in [-0.3, -0.25) is 14.3 Å². The van der Waals surface area contributed by atoms with Crippen molar-refractivity contribution in [2.75, 3.05) is 10.0 Å². The number of carbonyl (C=O) groups excluding carboxylic acids is 2. The van der Waals surface area contributed by atoms with Crippen LogP contribution in [0.4, 0.5) is 11.4 Å². The molecule has 0 spiro atoms. The molecule has 0 aliphatic heterocycles. The van der Waals surface area contributed by atoms with Crippen LogP contribution in [-0.4, -0.2) is 25.9 Å². The molecule has 8 nitrogen and oxygen atoms in total. The van der Waals surface area contributed by atoms with Crippen LogP contribution in [0.1, 0.15) is 29.8 Å². The SMILES string of the molecule is CC(=O)Nc1cccc(C(C)=NNC(=O)c2ccc(NS(=O)(=O)c3cccs3)cc2)c1. The van der Waals surface area contributed by atoms with Crippen LogP contribution in [0.2, 0.25) is 0 Å². The van der Waals surface area contributed by atoms with E-state index in [0.717, 1.165) is 16.9 Å². The van der Waals surface area contributed by atoms with E-state index in [1.54, 1.807) is 36.6 Å². The summed E-state index contributed by atoms with van der Waals surface area (Å²) in [7, 11) is -3.65. The Morgan fingerprint density at radius 1 is 0.903 bits per heavy atom. The predicted octanol–water partition coefficient (Wildman–Crippen LogP) is 3.66. The monoisotopic (exact) mass is 456 g/mol. The van der Waals surface area contributed by atoms with Gasteiger partial charge in [0.1, 0.15) is 4.21 Å². The summed E-state index contributed by atoms with van der Waals surface area (Å²) in [5.74, 6) is -0.619. The van der Waals surface area contributed by atoms with Gasteiger partial charge >= 0.3 is 0 Å². The van der Waals surface area contributed by atoms with Crippen LogP contribution < -0.4 is 15.5 Å². The normalized spacial score (nSPS) is 11.6. The summed E-state index contributed by atoms with van der Waals surface area (Å²) in [6, 6.07) is 16.3. The number of carbonyl (C=O) groups is 2. The lowest BCUT2D eigenvalue weighted by atomic mass is 10.1. The van der Waals surface area contributed by atoms with Gasteiger partial charge in [0, 0.05) is 23.9 Å². The predicted molar refractivity (Wildman–Crippen MR) is 122 cm³/mol. The molecule has 2 aromatic carbocycles. The summed E-state index contributed by atoms with van der Waals surface area (Å²) in [4.78, 5) is 23.6. The highest BCUT2D eigenvalue weighted by atomic mass is 32.2. The fourth-order valence-corrected chi connectivity index (χ4v) is 4.65. The van der Waals surface area contributed by atoms with E-state index < -0.39 is 15.9 Å². The Hall–Kier alpha value is -3.50. The number of thiophene rings is 1. The molecule has 0 saturated heterocycles. The number of amides is 2. The second-order valence-corrected chi connectivity index (χ2v) is 9.37. The molecule has 3 aromatic rings. The average molecular weight is 457 g/mol. The maximum absolute atomic E-state index is 12.4. The first-order chi connectivity index (χ1) is 14.7. The molecule has 160 valence electrons. The Morgan fingerprint density at radius 2 is 1.65 bits per heavy atom. The molecule has 3 N–H and O–H groups in total. The second kappa shape index (κ2) is 9.54. The van der Waals surface area contributed by atoms with Gasteiger partial charge in [-0.2, -0.15) is 5.10 Å². The number of rotatable bonds is 7. The largest absolute Gasteiger partial charge is 0.326 e. The summed E-state index contributed by atoms with van der Waals surface area (Å²) < 4.78 is 27.2. The number of hydrogen-bond donors (Lipinski definition) is 3.